The number of carbonyl (C=O) groups excluding carboxylic acids is 3. The summed E-state index contributed by atoms with van der Waals surface area (Å²) < 4.78 is 0. The summed E-state index contributed by atoms with van der Waals surface area (Å²) >= 11 is 1.34. The normalized spacial score (nSPS) is 21.1. The number of piperazine rings is 1. The van der Waals surface area contributed by atoms with Gasteiger partial charge in [-0.1, -0.05) is 68.3 Å². The maximum absolute atomic E-state index is 13.8. The zero-order chi connectivity index (χ0) is 29.8. The van der Waals surface area contributed by atoms with Gasteiger partial charge in [-0.25, -0.2) is 9.89 Å². The van der Waals surface area contributed by atoms with E-state index in [0.29, 0.717) is 36.9 Å². The van der Waals surface area contributed by atoms with Crippen LogP contribution >= 0.6 is 11.8 Å². The Bertz CT molecular complexity index is 1400. The van der Waals surface area contributed by atoms with Crippen LogP contribution in [0.1, 0.15) is 63.9 Å². The first-order chi connectivity index (χ1) is 21.0. The number of rotatable bonds is 8. The lowest BCUT2D eigenvalue weighted by atomic mass is 9.95. The quantitative estimate of drug-likeness (QED) is 0.472. The second kappa shape index (κ2) is 13.3. The molecule has 1 saturated carbocycles. The number of fused-ring (bicyclic) bond motifs is 3. The lowest BCUT2D eigenvalue weighted by molar-refractivity contribution is -0.132. The SMILES string of the molecule is CC[C@@H](SC1=Nc2ccccc2C2=N[C@H](CCC(=O)N3CCN(c4ccccc4)CC3)C(=O)N12)C(=O)NC1CCCCC1. The minimum absolute atomic E-state index is 0.000557. The number of hydrogen-bond acceptors (Lipinski definition) is 7. The van der Waals surface area contributed by atoms with Crippen molar-refractivity contribution >= 4 is 51.9 Å². The Kier molecular flexibility index (Phi) is 9.11. The van der Waals surface area contributed by atoms with E-state index in [2.05, 4.69) is 22.3 Å². The van der Waals surface area contributed by atoms with Gasteiger partial charge in [-0.15, -0.1) is 0 Å². The first-order valence-electron chi connectivity index (χ1n) is 15.7. The fourth-order valence-corrected chi connectivity index (χ4v) is 7.36. The van der Waals surface area contributed by atoms with Gasteiger partial charge < -0.3 is 15.1 Å². The van der Waals surface area contributed by atoms with Gasteiger partial charge in [-0.3, -0.25) is 19.4 Å². The number of amides is 3. The van der Waals surface area contributed by atoms with Crippen LogP contribution in [0, 0.1) is 0 Å². The Morgan fingerprint density at radius 3 is 2.44 bits per heavy atom. The van der Waals surface area contributed by atoms with E-state index in [1.807, 2.05) is 54.3 Å². The van der Waals surface area contributed by atoms with E-state index in [4.69, 9.17) is 9.98 Å². The van der Waals surface area contributed by atoms with E-state index in [1.54, 1.807) is 4.90 Å². The van der Waals surface area contributed by atoms with Crippen LogP contribution in [-0.4, -0.2) is 82.0 Å². The molecule has 0 unspecified atom stereocenters. The molecule has 2 fully saturated rings. The van der Waals surface area contributed by atoms with Crippen molar-refractivity contribution in [3.05, 3.63) is 60.2 Å². The van der Waals surface area contributed by atoms with Crippen molar-refractivity contribution in [2.24, 2.45) is 9.98 Å². The molecule has 2 aromatic rings. The molecule has 0 bridgehead atoms. The van der Waals surface area contributed by atoms with Crippen LogP contribution in [0.3, 0.4) is 0 Å². The standard InChI is InChI=1S/C33H40N6O3S/c1-2-28(31(41)34-23-11-5-3-6-12-23)43-33-36-26-16-10-9-15-25(26)30-35-27(32(42)39(30)33)17-18-29(40)38-21-19-37(20-22-38)24-13-7-4-8-14-24/h4,7-10,13-16,23,27-28H,2-3,5-6,11-12,17-22H2,1H3,(H,34,41)/t27-,28-/m1/s1. The largest absolute Gasteiger partial charge is 0.368 e. The summed E-state index contributed by atoms with van der Waals surface area (Å²) in [4.78, 5) is 55.7. The zero-order valence-corrected chi connectivity index (χ0v) is 25.6. The summed E-state index contributed by atoms with van der Waals surface area (Å²) in [6.45, 7) is 4.89. The highest BCUT2D eigenvalue weighted by Crippen LogP contribution is 2.36. The topological polar surface area (TPSA) is 97.7 Å². The third-order valence-electron chi connectivity index (χ3n) is 8.80. The fraction of sp³-hybridized carbons (Fsp3) is 0.485. The average molecular weight is 601 g/mol. The van der Waals surface area contributed by atoms with Gasteiger partial charge in [0, 0.05) is 49.9 Å². The lowest BCUT2D eigenvalue weighted by Gasteiger charge is -2.36. The Hall–Kier alpha value is -3.66. The van der Waals surface area contributed by atoms with Crippen molar-refractivity contribution in [1.82, 2.24) is 15.1 Å². The molecule has 4 aliphatic rings. The van der Waals surface area contributed by atoms with Gasteiger partial charge in [0.15, 0.2) is 5.17 Å². The second-order valence-electron chi connectivity index (χ2n) is 11.7. The molecule has 43 heavy (non-hydrogen) atoms. The average Bonchev–Trinajstić information content (AvgIpc) is 3.39. The van der Waals surface area contributed by atoms with Crippen molar-refractivity contribution in [3.8, 4) is 0 Å². The predicted octanol–water partition coefficient (Wildman–Crippen LogP) is 4.73. The van der Waals surface area contributed by atoms with Gasteiger partial charge in [0.2, 0.25) is 11.8 Å². The number of para-hydroxylation sites is 2. The highest BCUT2D eigenvalue weighted by molar-refractivity contribution is 8.15. The molecule has 6 rings (SSSR count). The highest BCUT2D eigenvalue weighted by atomic mass is 32.2. The molecular formula is C33H40N6O3S. The molecule has 0 radical (unpaired) electrons. The van der Waals surface area contributed by atoms with Crippen LogP contribution in [0.15, 0.2) is 64.6 Å². The van der Waals surface area contributed by atoms with Gasteiger partial charge >= 0.3 is 0 Å². The molecule has 9 nitrogen and oxygen atoms in total. The van der Waals surface area contributed by atoms with Crippen molar-refractivity contribution in [2.75, 3.05) is 31.1 Å². The summed E-state index contributed by atoms with van der Waals surface area (Å²) in [6, 6.07) is 17.5. The number of thioether (sulfide) groups is 1. The van der Waals surface area contributed by atoms with Crippen LogP contribution in [0.5, 0.6) is 0 Å². The van der Waals surface area contributed by atoms with Gasteiger partial charge in [-0.05, 0) is 49.9 Å². The number of benzene rings is 2. The number of anilines is 1. The highest BCUT2D eigenvalue weighted by Gasteiger charge is 2.42. The Morgan fingerprint density at radius 1 is 0.977 bits per heavy atom. The van der Waals surface area contributed by atoms with Crippen LogP contribution < -0.4 is 10.2 Å². The maximum atomic E-state index is 13.8. The van der Waals surface area contributed by atoms with Crippen molar-refractivity contribution in [2.45, 2.75) is 75.6 Å². The summed E-state index contributed by atoms with van der Waals surface area (Å²) in [6.07, 6.45) is 6.78. The minimum atomic E-state index is -0.655. The maximum Gasteiger partial charge on any atom is 0.259 e. The van der Waals surface area contributed by atoms with E-state index in [0.717, 1.165) is 50.0 Å². The van der Waals surface area contributed by atoms with E-state index in [1.165, 1.54) is 23.9 Å². The molecule has 3 amide bonds. The fourth-order valence-electron chi connectivity index (χ4n) is 6.33. The van der Waals surface area contributed by atoms with Crippen LogP contribution in [0.2, 0.25) is 0 Å². The molecule has 226 valence electrons. The molecule has 1 aliphatic carbocycles. The molecule has 0 spiro atoms. The number of nitrogens with zero attached hydrogens (tertiary/aromatic N) is 5. The van der Waals surface area contributed by atoms with E-state index >= 15 is 0 Å². The molecule has 1 saturated heterocycles. The molecule has 10 heteroatoms. The summed E-state index contributed by atoms with van der Waals surface area (Å²) in [5, 5.41) is 3.36. The molecule has 2 atom stereocenters. The lowest BCUT2D eigenvalue weighted by Crippen LogP contribution is -2.49. The van der Waals surface area contributed by atoms with Crippen molar-refractivity contribution < 1.29 is 14.4 Å². The third kappa shape index (κ3) is 6.49. The van der Waals surface area contributed by atoms with Gasteiger partial charge in [-0.2, -0.15) is 0 Å². The van der Waals surface area contributed by atoms with Crippen LogP contribution in [-0.2, 0) is 14.4 Å². The summed E-state index contributed by atoms with van der Waals surface area (Å²) in [5.74, 6) is 0.440. The number of hydrogen-bond donors (Lipinski definition) is 1. The van der Waals surface area contributed by atoms with Gasteiger partial charge in [0.1, 0.15) is 11.9 Å². The Morgan fingerprint density at radius 2 is 1.70 bits per heavy atom. The predicted molar refractivity (Wildman–Crippen MR) is 172 cm³/mol. The smallest absolute Gasteiger partial charge is 0.259 e. The summed E-state index contributed by atoms with van der Waals surface area (Å²) in [7, 11) is 0. The van der Waals surface area contributed by atoms with Crippen molar-refractivity contribution in [1.29, 1.82) is 0 Å². The first-order valence-corrected chi connectivity index (χ1v) is 16.5. The molecular weight excluding hydrogens is 560 g/mol. The Balaban J connectivity index is 1.11. The van der Waals surface area contributed by atoms with Crippen molar-refractivity contribution in [3.63, 3.8) is 0 Å². The number of nitrogens with one attached hydrogen (secondary N) is 1. The van der Waals surface area contributed by atoms with Gasteiger partial charge in [0.25, 0.3) is 5.91 Å². The number of aliphatic imine (C=N–C) groups is 2. The van der Waals surface area contributed by atoms with Crippen LogP contribution in [0.25, 0.3) is 0 Å². The second-order valence-corrected chi connectivity index (χ2v) is 12.8. The number of carbonyl (C=O) groups is 3. The third-order valence-corrected chi connectivity index (χ3v) is 10.1. The minimum Gasteiger partial charge on any atom is -0.368 e. The number of amidine groups is 2. The van der Waals surface area contributed by atoms with E-state index in [-0.39, 0.29) is 35.4 Å². The Labute approximate surface area is 257 Å². The zero-order valence-electron chi connectivity index (χ0n) is 24.8. The molecule has 3 aliphatic heterocycles. The monoisotopic (exact) mass is 600 g/mol. The molecule has 2 aromatic carbocycles. The first kappa shape index (κ1) is 29.4. The molecule has 0 aromatic heterocycles. The molecule has 3 heterocycles. The van der Waals surface area contributed by atoms with E-state index in [9.17, 15) is 14.4 Å². The van der Waals surface area contributed by atoms with Crippen LogP contribution in [0.4, 0.5) is 11.4 Å². The summed E-state index contributed by atoms with van der Waals surface area (Å²) in [5.41, 5.74) is 2.71. The van der Waals surface area contributed by atoms with Gasteiger partial charge in [0.05, 0.1) is 10.9 Å². The molecule has 1 N–H and O–H groups in total. The van der Waals surface area contributed by atoms with E-state index < -0.39 is 6.04 Å².